The van der Waals surface area contributed by atoms with Gasteiger partial charge in [0.15, 0.2) is 6.29 Å². The van der Waals surface area contributed by atoms with Crippen LogP contribution in [0.1, 0.15) is 48.2 Å². The van der Waals surface area contributed by atoms with Crippen LogP contribution in [0, 0.1) is 5.92 Å². The molecule has 1 saturated carbocycles. The first-order valence-electron chi connectivity index (χ1n) is 6.94. The van der Waals surface area contributed by atoms with Crippen LogP contribution in [-0.2, 0) is 18.9 Å². The quantitative estimate of drug-likeness (QED) is 0.619. The fraction of sp³-hybridized carbons (Fsp3) is 0.643. The van der Waals surface area contributed by atoms with Crippen molar-refractivity contribution >= 4 is 22.2 Å². The minimum Gasteiger partial charge on any atom is -0.298 e. The first-order valence-corrected chi connectivity index (χ1v) is 8.06. The lowest BCUT2D eigenvalue weighted by Crippen LogP contribution is -2.43. The van der Waals surface area contributed by atoms with Crippen LogP contribution >= 0.6 is 15.9 Å². The Balaban J connectivity index is 2.50. The summed E-state index contributed by atoms with van der Waals surface area (Å²) in [6.45, 7) is 0.592. The van der Waals surface area contributed by atoms with Gasteiger partial charge in [0.25, 0.3) is 5.56 Å². The molecule has 0 aromatic carbocycles. The van der Waals surface area contributed by atoms with Gasteiger partial charge in [-0.1, -0.05) is 35.2 Å². The zero-order valence-electron chi connectivity index (χ0n) is 11.6. The first kappa shape index (κ1) is 15.2. The largest absolute Gasteiger partial charge is 0.330 e. The molecular formula is C14H19BrN2O3. The number of carbonyl (C=O) groups is 1. The Hall–Kier alpha value is -1.17. The second kappa shape index (κ2) is 6.52. The molecular weight excluding hydrogens is 324 g/mol. The number of aromatic nitrogens is 2. The molecule has 1 aromatic rings. The number of aldehydes is 1. The van der Waals surface area contributed by atoms with E-state index in [1.54, 1.807) is 4.57 Å². The van der Waals surface area contributed by atoms with Crippen LogP contribution in [-0.4, -0.2) is 15.4 Å². The lowest BCUT2D eigenvalue weighted by atomic mass is 9.89. The van der Waals surface area contributed by atoms with Gasteiger partial charge in [-0.2, -0.15) is 0 Å². The Morgan fingerprint density at radius 3 is 2.45 bits per heavy atom. The fourth-order valence-electron chi connectivity index (χ4n) is 2.91. The Morgan fingerprint density at radius 1 is 1.25 bits per heavy atom. The Morgan fingerprint density at radius 2 is 1.90 bits per heavy atom. The average Bonchev–Trinajstić information content (AvgIpc) is 2.48. The van der Waals surface area contributed by atoms with E-state index in [4.69, 9.17) is 0 Å². The molecule has 1 aliphatic rings. The first-order chi connectivity index (χ1) is 9.60. The third kappa shape index (κ3) is 2.80. The minimum absolute atomic E-state index is 0.0831. The number of alkyl halides is 1. The van der Waals surface area contributed by atoms with Gasteiger partial charge < -0.3 is 0 Å². The predicted octanol–water partition coefficient (Wildman–Crippen LogP) is 1.83. The monoisotopic (exact) mass is 342 g/mol. The van der Waals surface area contributed by atoms with Crippen LogP contribution in [0.5, 0.6) is 0 Å². The standard InChI is InChI=1S/C14H19BrN2O3/c1-16-13(19)11(9-18)12(7-15)17(14(16)20)8-10-5-3-2-4-6-10/h9-10H,2-8H2,1H3. The fourth-order valence-corrected chi connectivity index (χ4v) is 3.52. The molecule has 1 fully saturated rings. The van der Waals surface area contributed by atoms with E-state index in [0.29, 0.717) is 29.8 Å². The van der Waals surface area contributed by atoms with E-state index < -0.39 is 5.56 Å². The molecule has 110 valence electrons. The number of nitrogens with zero attached hydrogens (tertiary/aromatic N) is 2. The summed E-state index contributed by atoms with van der Waals surface area (Å²) < 4.78 is 2.62. The highest BCUT2D eigenvalue weighted by atomic mass is 79.9. The van der Waals surface area contributed by atoms with Crippen LogP contribution < -0.4 is 11.2 Å². The van der Waals surface area contributed by atoms with Crippen LogP contribution in [0.4, 0.5) is 0 Å². The molecule has 0 N–H and O–H groups in total. The van der Waals surface area contributed by atoms with Crippen LogP contribution in [0.15, 0.2) is 9.59 Å². The number of rotatable bonds is 4. The number of halogens is 1. The SMILES string of the molecule is Cn1c(=O)c(C=O)c(CBr)n(CC2CCCCC2)c1=O. The number of carbonyl (C=O) groups excluding carboxylic acids is 1. The molecule has 0 amide bonds. The molecule has 1 aromatic heterocycles. The molecule has 0 saturated heterocycles. The summed E-state index contributed by atoms with van der Waals surface area (Å²) in [4.78, 5) is 35.4. The third-order valence-corrected chi connectivity index (χ3v) is 4.63. The van der Waals surface area contributed by atoms with Gasteiger partial charge in [-0.05, 0) is 18.8 Å². The van der Waals surface area contributed by atoms with Crippen molar-refractivity contribution < 1.29 is 4.79 Å². The van der Waals surface area contributed by atoms with Crippen molar-refractivity contribution in [3.8, 4) is 0 Å². The van der Waals surface area contributed by atoms with Gasteiger partial charge in [0.1, 0.15) is 5.56 Å². The minimum atomic E-state index is -0.514. The van der Waals surface area contributed by atoms with Crippen LogP contribution in [0.25, 0.3) is 0 Å². The third-order valence-electron chi connectivity index (χ3n) is 4.10. The molecule has 2 rings (SSSR count). The van der Waals surface area contributed by atoms with E-state index >= 15 is 0 Å². The van der Waals surface area contributed by atoms with Crippen molar-refractivity contribution in [3.63, 3.8) is 0 Å². The highest BCUT2D eigenvalue weighted by molar-refractivity contribution is 9.08. The van der Waals surface area contributed by atoms with E-state index in [0.717, 1.165) is 17.4 Å². The van der Waals surface area contributed by atoms with Gasteiger partial charge in [0.05, 0.1) is 0 Å². The number of hydrogen-bond acceptors (Lipinski definition) is 3. The lowest BCUT2D eigenvalue weighted by Gasteiger charge is -2.24. The zero-order chi connectivity index (χ0) is 14.7. The molecule has 20 heavy (non-hydrogen) atoms. The molecule has 1 heterocycles. The summed E-state index contributed by atoms with van der Waals surface area (Å²) in [6.07, 6.45) is 6.39. The molecule has 1 aliphatic carbocycles. The average molecular weight is 343 g/mol. The van der Waals surface area contributed by atoms with Gasteiger partial charge in [-0.25, -0.2) is 4.79 Å². The molecule has 0 atom stereocenters. The lowest BCUT2D eigenvalue weighted by molar-refractivity contribution is 0.111. The van der Waals surface area contributed by atoms with E-state index in [9.17, 15) is 14.4 Å². The summed E-state index contributed by atoms with van der Waals surface area (Å²) in [5.74, 6) is 0.455. The summed E-state index contributed by atoms with van der Waals surface area (Å²) in [5.41, 5.74) is -0.265. The van der Waals surface area contributed by atoms with E-state index in [2.05, 4.69) is 15.9 Å². The van der Waals surface area contributed by atoms with Crippen LogP contribution in [0.3, 0.4) is 0 Å². The van der Waals surface area contributed by atoms with E-state index in [-0.39, 0.29) is 11.3 Å². The maximum Gasteiger partial charge on any atom is 0.330 e. The van der Waals surface area contributed by atoms with Gasteiger partial charge in [0.2, 0.25) is 0 Å². The van der Waals surface area contributed by atoms with Crippen molar-refractivity contribution in [1.29, 1.82) is 0 Å². The maximum atomic E-state index is 12.3. The highest BCUT2D eigenvalue weighted by Crippen LogP contribution is 2.25. The van der Waals surface area contributed by atoms with Gasteiger partial charge in [0, 0.05) is 24.6 Å². The maximum absolute atomic E-state index is 12.3. The molecule has 0 aliphatic heterocycles. The summed E-state index contributed by atoms with van der Waals surface area (Å²) in [6, 6.07) is 0. The van der Waals surface area contributed by atoms with Crippen molar-refractivity contribution in [1.82, 2.24) is 9.13 Å². The molecule has 0 bridgehead atoms. The zero-order valence-corrected chi connectivity index (χ0v) is 13.2. The summed E-state index contributed by atoms with van der Waals surface area (Å²) in [5, 5.41) is 0.332. The van der Waals surface area contributed by atoms with Crippen molar-refractivity contribution in [3.05, 3.63) is 32.1 Å². The molecule has 6 heteroatoms. The second-order valence-electron chi connectivity index (χ2n) is 5.37. The van der Waals surface area contributed by atoms with Crippen LogP contribution in [0.2, 0.25) is 0 Å². The summed E-state index contributed by atoms with van der Waals surface area (Å²) in [7, 11) is 1.42. The van der Waals surface area contributed by atoms with Crippen molar-refractivity contribution in [2.45, 2.75) is 44.0 Å². The van der Waals surface area contributed by atoms with E-state index in [1.165, 1.54) is 26.3 Å². The Bertz CT molecular complexity index is 612. The molecule has 5 nitrogen and oxygen atoms in total. The number of hydrogen-bond donors (Lipinski definition) is 0. The topological polar surface area (TPSA) is 61.1 Å². The summed E-state index contributed by atoms with van der Waals surface area (Å²) >= 11 is 3.29. The molecule has 0 spiro atoms. The second-order valence-corrected chi connectivity index (χ2v) is 5.93. The smallest absolute Gasteiger partial charge is 0.298 e. The van der Waals surface area contributed by atoms with Gasteiger partial charge in [-0.15, -0.1) is 0 Å². The van der Waals surface area contributed by atoms with Crippen molar-refractivity contribution in [2.75, 3.05) is 0 Å². The molecule has 0 radical (unpaired) electrons. The normalized spacial score (nSPS) is 16.3. The predicted molar refractivity (Wildman–Crippen MR) is 80.5 cm³/mol. The Kier molecular flexibility index (Phi) is 4.96. The van der Waals surface area contributed by atoms with E-state index in [1.807, 2.05) is 0 Å². The molecule has 0 unspecified atom stereocenters. The Labute approximate surface area is 125 Å². The highest BCUT2D eigenvalue weighted by Gasteiger charge is 2.20. The van der Waals surface area contributed by atoms with Gasteiger partial charge in [-0.3, -0.25) is 18.7 Å². The van der Waals surface area contributed by atoms with Gasteiger partial charge >= 0.3 is 5.69 Å². The van der Waals surface area contributed by atoms with Crippen molar-refractivity contribution in [2.24, 2.45) is 13.0 Å².